The Balaban J connectivity index is 1.99. The summed E-state index contributed by atoms with van der Waals surface area (Å²) < 4.78 is 28.2. The largest absolute Gasteiger partial charge is 0.481 e. The average Bonchev–Trinajstić information content (AvgIpc) is 2.95. The van der Waals surface area contributed by atoms with Crippen LogP contribution in [0, 0.1) is 0 Å². The average molecular weight is 383 g/mol. The normalized spacial score (nSPS) is 13.3. The lowest BCUT2D eigenvalue weighted by Gasteiger charge is -2.20. The summed E-state index contributed by atoms with van der Waals surface area (Å²) in [4.78, 5) is 12.2. The van der Waals surface area contributed by atoms with Gasteiger partial charge in [-0.1, -0.05) is 44.2 Å². The van der Waals surface area contributed by atoms with E-state index in [0.717, 1.165) is 17.6 Å². The van der Waals surface area contributed by atoms with E-state index in [2.05, 4.69) is 36.3 Å². The molecule has 1 aromatic heterocycles. The number of aromatic nitrogens is 2. The Bertz CT molecular complexity index is 852. The van der Waals surface area contributed by atoms with Crippen molar-refractivity contribution >= 4 is 32.2 Å². The van der Waals surface area contributed by atoms with Gasteiger partial charge in [0.1, 0.15) is 5.75 Å². The number of nitrogens with one attached hydrogen (secondary N) is 1. The van der Waals surface area contributed by atoms with Crippen LogP contribution < -0.4 is 10.1 Å². The summed E-state index contributed by atoms with van der Waals surface area (Å²) >= 11 is 0.799. The first kappa shape index (κ1) is 19.3. The molecular weight excluding hydrogens is 362 g/mol. The van der Waals surface area contributed by atoms with Crippen molar-refractivity contribution in [3.05, 3.63) is 29.8 Å². The summed E-state index contributed by atoms with van der Waals surface area (Å²) in [5.74, 6) is 0.140. The predicted molar refractivity (Wildman–Crippen MR) is 96.9 cm³/mol. The summed E-state index contributed by atoms with van der Waals surface area (Å²) in [6.07, 6.45) is 0.262. The van der Waals surface area contributed by atoms with Gasteiger partial charge in [0.2, 0.25) is 19.3 Å². The summed E-state index contributed by atoms with van der Waals surface area (Å²) in [6.45, 7) is 7.95. The fourth-order valence-electron chi connectivity index (χ4n) is 1.91. The van der Waals surface area contributed by atoms with E-state index in [1.807, 2.05) is 24.3 Å². The first-order valence-electron chi connectivity index (χ1n) is 7.58. The highest BCUT2D eigenvalue weighted by Crippen LogP contribution is 2.25. The van der Waals surface area contributed by atoms with Crippen molar-refractivity contribution in [3.8, 4) is 5.75 Å². The van der Waals surface area contributed by atoms with Gasteiger partial charge < -0.3 is 4.74 Å². The van der Waals surface area contributed by atoms with Crippen LogP contribution in [-0.4, -0.2) is 36.9 Å². The predicted octanol–water partition coefficient (Wildman–Crippen LogP) is 2.65. The van der Waals surface area contributed by atoms with E-state index in [1.54, 1.807) is 6.92 Å². The zero-order chi connectivity index (χ0) is 18.8. The summed E-state index contributed by atoms with van der Waals surface area (Å²) in [6, 6.07) is 7.56. The fraction of sp³-hybridized carbons (Fsp3) is 0.438. The first-order valence-corrected chi connectivity index (χ1v) is 10.3. The smallest absolute Gasteiger partial charge is 0.266 e. The number of hydrogen-bond acceptors (Lipinski definition) is 7. The second-order valence-corrected chi connectivity index (χ2v) is 9.84. The lowest BCUT2D eigenvalue weighted by Crippen LogP contribution is -2.30. The van der Waals surface area contributed by atoms with Gasteiger partial charge in [0.25, 0.3) is 5.91 Å². The molecule has 1 N–H and O–H groups in total. The van der Waals surface area contributed by atoms with Gasteiger partial charge in [-0.2, -0.15) is 0 Å². The number of amides is 1. The van der Waals surface area contributed by atoms with E-state index >= 15 is 0 Å². The number of carbonyl (C=O) groups is 1. The SMILES string of the molecule is CC(Oc1ccc(C(C)(C)C)cc1)C(=O)Nc1nnc(S(C)(=O)=O)s1. The number of hydrogen-bond donors (Lipinski definition) is 1. The molecule has 0 spiro atoms. The van der Waals surface area contributed by atoms with Crippen molar-refractivity contribution in [2.24, 2.45) is 0 Å². The number of sulfone groups is 1. The lowest BCUT2D eigenvalue weighted by atomic mass is 9.87. The van der Waals surface area contributed by atoms with Crippen LogP contribution in [0.5, 0.6) is 5.75 Å². The molecule has 2 aromatic rings. The van der Waals surface area contributed by atoms with E-state index < -0.39 is 21.8 Å². The van der Waals surface area contributed by atoms with Crippen molar-refractivity contribution in [1.82, 2.24) is 10.2 Å². The molecule has 1 heterocycles. The molecular formula is C16H21N3O4S2. The zero-order valence-corrected chi connectivity index (χ0v) is 16.4. The van der Waals surface area contributed by atoms with E-state index in [9.17, 15) is 13.2 Å². The van der Waals surface area contributed by atoms with Crippen molar-refractivity contribution < 1.29 is 17.9 Å². The Labute approximate surface area is 151 Å². The van der Waals surface area contributed by atoms with E-state index in [-0.39, 0.29) is 14.9 Å². The molecule has 136 valence electrons. The molecule has 0 aliphatic heterocycles. The molecule has 1 unspecified atom stereocenters. The highest BCUT2D eigenvalue weighted by atomic mass is 32.2. The molecule has 0 aliphatic carbocycles. The van der Waals surface area contributed by atoms with Crippen molar-refractivity contribution in [2.45, 2.75) is 43.6 Å². The Hall–Kier alpha value is -2.00. The molecule has 25 heavy (non-hydrogen) atoms. The number of benzene rings is 1. The molecule has 0 bridgehead atoms. The molecule has 0 saturated carbocycles. The minimum atomic E-state index is -3.44. The van der Waals surface area contributed by atoms with Gasteiger partial charge in [-0.3, -0.25) is 10.1 Å². The van der Waals surface area contributed by atoms with Crippen LogP contribution in [-0.2, 0) is 20.0 Å². The van der Waals surface area contributed by atoms with Crippen LogP contribution in [0.4, 0.5) is 5.13 Å². The molecule has 0 fully saturated rings. The number of ether oxygens (including phenoxy) is 1. The van der Waals surface area contributed by atoms with Crippen LogP contribution in [0.1, 0.15) is 33.3 Å². The minimum absolute atomic E-state index is 0.0384. The quantitative estimate of drug-likeness (QED) is 0.797. The maximum atomic E-state index is 12.2. The third kappa shape index (κ3) is 5.23. The fourth-order valence-corrected chi connectivity index (χ4v) is 3.42. The van der Waals surface area contributed by atoms with Gasteiger partial charge in [-0.25, -0.2) is 8.42 Å². The van der Waals surface area contributed by atoms with Gasteiger partial charge >= 0.3 is 0 Å². The van der Waals surface area contributed by atoms with E-state index in [0.29, 0.717) is 5.75 Å². The second-order valence-electron chi connectivity index (χ2n) is 6.67. The Morgan fingerprint density at radius 2 is 1.80 bits per heavy atom. The molecule has 0 aliphatic rings. The molecule has 1 atom stereocenters. The minimum Gasteiger partial charge on any atom is -0.481 e. The summed E-state index contributed by atoms with van der Waals surface area (Å²) in [7, 11) is -3.44. The van der Waals surface area contributed by atoms with E-state index in [1.165, 1.54) is 5.56 Å². The number of carbonyl (C=O) groups excluding carboxylic acids is 1. The molecule has 0 radical (unpaired) electrons. The molecule has 0 saturated heterocycles. The van der Waals surface area contributed by atoms with Crippen molar-refractivity contribution in [2.75, 3.05) is 11.6 Å². The van der Waals surface area contributed by atoms with Gasteiger partial charge in [-0.15, -0.1) is 10.2 Å². The third-order valence-electron chi connectivity index (χ3n) is 3.36. The molecule has 2 rings (SSSR count). The Morgan fingerprint density at radius 1 is 1.20 bits per heavy atom. The van der Waals surface area contributed by atoms with E-state index in [4.69, 9.17) is 4.74 Å². The highest BCUT2D eigenvalue weighted by molar-refractivity contribution is 7.92. The van der Waals surface area contributed by atoms with Crippen molar-refractivity contribution in [1.29, 1.82) is 0 Å². The van der Waals surface area contributed by atoms with Gasteiger partial charge in [0.15, 0.2) is 6.10 Å². The van der Waals surface area contributed by atoms with Crippen LogP contribution in [0.15, 0.2) is 28.6 Å². The van der Waals surface area contributed by atoms with Gasteiger partial charge in [0.05, 0.1) is 0 Å². The van der Waals surface area contributed by atoms with Gasteiger partial charge in [-0.05, 0) is 30.0 Å². The molecule has 9 heteroatoms. The standard InChI is InChI=1S/C16H21N3O4S2/c1-10(23-12-8-6-11(7-9-12)16(2,3)4)13(20)17-14-18-19-15(24-14)25(5,21)22/h6-10H,1-5H3,(H,17,18,20). The number of rotatable bonds is 5. The van der Waals surface area contributed by atoms with Crippen LogP contribution in [0.25, 0.3) is 0 Å². The number of nitrogens with zero attached hydrogens (tertiary/aromatic N) is 2. The zero-order valence-electron chi connectivity index (χ0n) is 14.7. The first-order chi connectivity index (χ1) is 11.5. The maximum Gasteiger partial charge on any atom is 0.266 e. The summed E-state index contributed by atoms with van der Waals surface area (Å²) in [5, 5.41) is 9.82. The topological polar surface area (TPSA) is 98.2 Å². The number of anilines is 1. The van der Waals surface area contributed by atoms with Crippen LogP contribution in [0.3, 0.4) is 0 Å². The molecule has 1 aromatic carbocycles. The third-order valence-corrected chi connectivity index (χ3v) is 5.86. The monoisotopic (exact) mass is 383 g/mol. The Kier molecular flexibility index (Phi) is 5.48. The van der Waals surface area contributed by atoms with Gasteiger partial charge in [0, 0.05) is 6.26 Å². The Morgan fingerprint density at radius 3 is 2.28 bits per heavy atom. The highest BCUT2D eigenvalue weighted by Gasteiger charge is 2.20. The molecule has 7 nitrogen and oxygen atoms in total. The second kappa shape index (κ2) is 7.09. The summed E-state index contributed by atoms with van der Waals surface area (Å²) in [5.41, 5.74) is 1.20. The molecule has 1 amide bonds. The van der Waals surface area contributed by atoms with Crippen molar-refractivity contribution in [3.63, 3.8) is 0 Å². The van der Waals surface area contributed by atoms with Crippen LogP contribution in [0.2, 0.25) is 0 Å². The van der Waals surface area contributed by atoms with Crippen LogP contribution >= 0.6 is 11.3 Å². The maximum absolute atomic E-state index is 12.2. The lowest BCUT2D eigenvalue weighted by molar-refractivity contribution is -0.122.